The Balaban J connectivity index is 0.00000338. The average molecular weight is 423 g/mol. The molecule has 0 spiro atoms. The summed E-state index contributed by atoms with van der Waals surface area (Å²) in [6, 6.07) is 5.54. The zero-order valence-corrected chi connectivity index (χ0v) is 17.0. The van der Waals surface area contributed by atoms with Gasteiger partial charge in [-0.25, -0.2) is 0 Å². The molecular formula is C18H26Cl3N3O2. The number of nitrogens with one attached hydrogen (secondary N) is 1. The highest BCUT2D eigenvalue weighted by Gasteiger charge is 2.27. The van der Waals surface area contributed by atoms with Gasteiger partial charge in [0.05, 0.1) is 16.0 Å². The van der Waals surface area contributed by atoms with Gasteiger partial charge in [-0.1, -0.05) is 29.3 Å². The van der Waals surface area contributed by atoms with Crippen molar-refractivity contribution in [3.8, 4) is 0 Å². The standard InChI is InChI=1S/C18H25Cl2N3O2.ClH/c19-15-7-6-13(11-16(15)20)3-1-5-17(24)23-10-2-4-14(12-23)18(25)22-9-8-21;/h6-7,11,14H,1-5,8-10,12,21H2,(H,22,25);1H. The quantitative estimate of drug-likeness (QED) is 0.709. The highest BCUT2D eigenvalue weighted by Crippen LogP contribution is 2.23. The molecule has 0 aliphatic carbocycles. The third-order valence-corrected chi connectivity index (χ3v) is 5.17. The van der Waals surface area contributed by atoms with Crippen LogP contribution in [-0.4, -0.2) is 42.9 Å². The van der Waals surface area contributed by atoms with E-state index in [1.165, 1.54) is 0 Å². The van der Waals surface area contributed by atoms with Crippen molar-refractivity contribution in [1.82, 2.24) is 10.2 Å². The molecule has 0 aromatic heterocycles. The lowest BCUT2D eigenvalue weighted by atomic mass is 9.96. The normalized spacial score (nSPS) is 16.7. The van der Waals surface area contributed by atoms with Crippen LogP contribution < -0.4 is 11.1 Å². The second kappa shape index (κ2) is 11.7. The summed E-state index contributed by atoms with van der Waals surface area (Å²) in [4.78, 5) is 26.3. The van der Waals surface area contributed by atoms with Gasteiger partial charge < -0.3 is 16.0 Å². The molecule has 26 heavy (non-hydrogen) atoms. The number of aryl methyl sites for hydroxylation is 1. The first-order chi connectivity index (χ1) is 12.0. The van der Waals surface area contributed by atoms with Gasteiger partial charge in [0, 0.05) is 32.6 Å². The summed E-state index contributed by atoms with van der Waals surface area (Å²) in [6.45, 7) is 2.14. The average Bonchev–Trinajstić information content (AvgIpc) is 2.62. The maximum absolute atomic E-state index is 12.4. The van der Waals surface area contributed by atoms with E-state index >= 15 is 0 Å². The number of nitrogens with two attached hydrogens (primary N) is 1. The molecule has 1 aromatic rings. The Morgan fingerprint density at radius 2 is 2.04 bits per heavy atom. The molecule has 146 valence electrons. The minimum Gasteiger partial charge on any atom is -0.355 e. The first-order valence-electron chi connectivity index (χ1n) is 8.70. The number of carbonyl (C=O) groups excluding carboxylic acids is 2. The highest BCUT2D eigenvalue weighted by molar-refractivity contribution is 6.42. The molecule has 3 N–H and O–H groups in total. The largest absolute Gasteiger partial charge is 0.355 e. The summed E-state index contributed by atoms with van der Waals surface area (Å²) in [5.74, 6) is -0.0190. The lowest BCUT2D eigenvalue weighted by Gasteiger charge is -2.32. The molecule has 1 saturated heterocycles. The van der Waals surface area contributed by atoms with Crippen molar-refractivity contribution >= 4 is 47.4 Å². The van der Waals surface area contributed by atoms with Gasteiger partial charge in [-0.3, -0.25) is 9.59 Å². The predicted octanol–water partition coefficient (Wildman–Crippen LogP) is 3.05. The van der Waals surface area contributed by atoms with Crippen LogP contribution in [0.3, 0.4) is 0 Å². The third kappa shape index (κ3) is 6.95. The first-order valence-corrected chi connectivity index (χ1v) is 9.46. The van der Waals surface area contributed by atoms with E-state index < -0.39 is 0 Å². The smallest absolute Gasteiger partial charge is 0.224 e. The van der Waals surface area contributed by atoms with E-state index in [2.05, 4.69) is 5.32 Å². The van der Waals surface area contributed by atoms with Gasteiger partial charge in [0.2, 0.25) is 11.8 Å². The third-order valence-electron chi connectivity index (χ3n) is 4.43. The second-order valence-electron chi connectivity index (χ2n) is 6.36. The van der Waals surface area contributed by atoms with Crippen LogP contribution in [0.1, 0.15) is 31.2 Å². The lowest BCUT2D eigenvalue weighted by Crippen LogP contribution is -2.46. The summed E-state index contributed by atoms with van der Waals surface area (Å²) in [5, 5.41) is 3.88. The highest BCUT2D eigenvalue weighted by atomic mass is 35.5. The van der Waals surface area contributed by atoms with Gasteiger partial charge in [0.1, 0.15) is 0 Å². The SMILES string of the molecule is Cl.NCCNC(=O)C1CCCN(C(=O)CCCc2ccc(Cl)c(Cl)c2)C1. The summed E-state index contributed by atoms with van der Waals surface area (Å²) >= 11 is 11.9. The number of nitrogens with zero attached hydrogens (tertiary/aromatic N) is 1. The molecule has 0 saturated carbocycles. The molecule has 1 aliphatic heterocycles. The predicted molar refractivity (Wildman–Crippen MR) is 108 cm³/mol. The fraction of sp³-hybridized carbons (Fsp3) is 0.556. The lowest BCUT2D eigenvalue weighted by molar-refractivity contribution is -0.135. The van der Waals surface area contributed by atoms with E-state index in [0.717, 1.165) is 37.8 Å². The summed E-state index contributed by atoms with van der Waals surface area (Å²) in [7, 11) is 0. The fourth-order valence-electron chi connectivity index (χ4n) is 3.05. The van der Waals surface area contributed by atoms with Crippen LogP contribution in [-0.2, 0) is 16.0 Å². The van der Waals surface area contributed by atoms with Crippen molar-refractivity contribution in [2.45, 2.75) is 32.1 Å². The maximum atomic E-state index is 12.4. The Morgan fingerprint density at radius 3 is 2.73 bits per heavy atom. The monoisotopic (exact) mass is 421 g/mol. The molecule has 2 rings (SSSR count). The summed E-state index contributed by atoms with van der Waals surface area (Å²) < 4.78 is 0. The molecule has 8 heteroatoms. The van der Waals surface area contributed by atoms with Gasteiger partial charge >= 0.3 is 0 Å². The van der Waals surface area contributed by atoms with Gasteiger partial charge in [0.25, 0.3) is 0 Å². The van der Waals surface area contributed by atoms with Crippen molar-refractivity contribution in [2.24, 2.45) is 11.7 Å². The number of hydrogen-bond acceptors (Lipinski definition) is 3. The molecule has 0 radical (unpaired) electrons. The Bertz CT molecular complexity index is 613. The summed E-state index contributed by atoms with van der Waals surface area (Å²) in [5.41, 5.74) is 6.48. The first kappa shape index (κ1) is 23.0. The second-order valence-corrected chi connectivity index (χ2v) is 7.18. The zero-order valence-electron chi connectivity index (χ0n) is 14.7. The molecule has 0 bridgehead atoms. The molecule has 1 aromatic carbocycles. The molecule has 1 heterocycles. The van der Waals surface area contributed by atoms with Gasteiger partial charge in [-0.05, 0) is 43.4 Å². The zero-order chi connectivity index (χ0) is 18.2. The molecular weight excluding hydrogens is 397 g/mol. The van der Waals surface area contributed by atoms with Crippen molar-refractivity contribution in [3.05, 3.63) is 33.8 Å². The minimum atomic E-state index is -0.126. The van der Waals surface area contributed by atoms with Crippen molar-refractivity contribution in [2.75, 3.05) is 26.2 Å². The Kier molecular flexibility index (Phi) is 10.3. The van der Waals surface area contributed by atoms with E-state index in [4.69, 9.17) is 28.9 Å². The molecule has 1 aliphatic rings. The maximum Gasteiger partial charge on any atom is 0.224 e. The van der Waals surface area contributed by atoms with Crippen LogP contribution in [0.25, 0.3) is 0 Å². The van der Waals surface area contributed by atoms with E-state index in [-0.39, 0.29) is 30.1 Å². The molecule has 1 atom stereocenters. The van der Waals surface area contributed by atoms with Crippen LogP contribution in [0, 0.1) is 5.92 Å². The topological polar surface area (TPSA) is 75.4 Å². The Labute approximate surface area is 171 Å². The number of rotatable bonds is 7. The van der Waals surface area contributed by atoms with Crippen LogP contribution >= 0.6 is 35.6 Å². The molecule has 2 amide bonds. The number of carbonyl (C=O) groups is 2. The van der Waals surface area contributed by atoms with Crippen LogP contribution in [0.15, 0.2) is 18.2 Å². The van der Waals surface area contributed by atoms with E-state index in [1.54, 1.807) is 6.07 Å². The molecule has 1 fully saturated rings. The van der Waals surface area contributed by atoms with Gasteiger partial charge in [0.15, 0.2) is 0 Å². The summed E-state index contributed by atoms with van der Waals surface area (Å²) in [6.07, 6.45) is 3.67. The van der Waals surface area contributed by atoms with Crippen LogP contribution in [0.5, 0.6) is 0 Å². The minimum absolute atomic E-state index is 0. The fourth-order valence-corrected chi connectivity index (χ4v) is 3.38. The van der Waals surface area contributed by atoms with Crippen molar-refractivity contribution < 1.29 is 9.59 Å². The molecule has 5 nitrogen and oxygen atoms in total. The van der Waals surface area contributed by atoms with Gasteiger partial charge in [-0.15, -0.1) is 12.4 Å². The van der Waals surface area contributed by atoms with E-state index in [9.17, 15) is 9.59 Å². The Hall–Kier alpha value is -1.01. The van der Waals surface area contributed by atoms with E-state index in [1.807, 2.05) is 17.0 Å². The number of amides is 2. The van der Waals surface area contributed by atoms with E-state index in [0.29, 0.717) is 36.1 Å². The Morgan fingerprint density at radius 1 is 1.27 bits per heavy atom. The number of hydrogen-bond donors (Lipinski definition) is 2. The van der Waals surface area contributed by atoms with Crippen molar-refractivity contribution in [3.63, 3.8) is 0 Å². The number of halogens is 3. The number of piperidine rings is 1. The number of likely N-dealkylation sites (tertiary alicyclic amines) is 1. The van der Waals surface area contributed by atoms with Crippen molar-refractivity contribution in [1.29, 1.82) is 0 Å². The molecule has 1 unspecified atom stereocenters. The van der Waals surface area contributed by atoms with Crippen LogP contribution in [0.2, 0.25) is 10.0 Å². The van der Waals surface area contributed by atoms with Gasteiger partial charge in [-0.2, -0.15) is 0 Å². The van der Waals surface area contributed by atoms with Crippen LogP contribution in [0.4, 0.5) is 0 Å². The number of benzene rings is 1.